The summed E-state index contributed by atoms with van der Waals surface area (Å²) in [6, 6.07) is 11.7. The van der Waals surface area contributed by atoms with E-state index < -0.39 is 21.7 Å². The normalized spacial score (nSPS) is 11.9. The van der Waals surface area contributed by atoms with Crippen molar-refractivity contribution < 1.29 is 17.2 Å². The Morgan fingerprint density at radius 2 is 1.93 bits per heavy atom. The zero-order valence-electron chi connectivity index (χ0n) is 15.0. The van der Waals surface area contributed by atoms with E-state index in [-0.39, 0.29) is 18.1 Å². The van der Waals surface area contributed by atoms with Crippen LogP contribution in [0.2, 0.25) is 0 Å². The molecule has 4 aromatic rings. The predicted molar refractivity (Wildman–Crippen MR) is 107 cm³/mol. The van der Waals surface area contributed by atoms with E-state index in [0.717, 1.165) is 5.69 Å². The third-order valence-electron chi connectivity index (χ3n) is 4.21. The molecule has 2 heterocycles. The van der Waals surface area contributed by atoms with Gasteiger partial charge in [0.2, 0.25) is 15.0 Å². The third kappa shape index (κ3) is 4.50. The molecule has 2 aromatic heterocycles. The number of fused-ring (bicyclic) bond motifs is 1. The monoisotopic (exact) mass is 434 g/mol. The maximum atomic E-state index is 14.0. The Morgan fingerprint density at radius 3 is 2.72 bits per heavy atom. The Labute approximate surface area is 169 Å². The van der Waals surface area contributed by atoms with E-state index in [0.29, 0.717) is 22.5 Å². The van der Waals surface area contributed by atoms with Crippen molar-refractivity contribution in [3.63, 3.8) is 0 Å². The molecule has 10 heteroatoms. The summed E-state index contributed by atoms with van der Waals surface area (Å²) in [6.07, 6.45) is 0.377. The van der Waals surface area contributed by atoms with Crippen LogP contribution in [-0.4, -0.2) is 29.6 Å². The lowest BCUT2D eigenvalue weighted by Crippen LogP contribution is -2.27. The van der Waals surface area contributed by atoms with Gasteiger partial charge in [0.25, 0.3) is 0 Å². The molecule has 0 spiro atoms. The van der Waals surface area contributed by atoms with Gasteiger partial charge in [0, 0.05) is 18.3 Å². The molecule has 0 radical (unpaired) electrons. The standard InChI is InChI=1S/C19H16F2N4O2S2/c20-14-5-3-4-13(10-14)12-29(26,27)22-9-8-15-11-28-19-23-18(24-25(15)19)16-6-1-2-7-17(16)21/h1-7,10-11,22H,8-9,12H2. The van der Waals surface area contributed by atoms with E-state index in [1.165, 1.54) is 35.6 Å². The number of hydrogen-bond acceptors (Lipinski definition) is 5. The van der Waals surface area contributed by atoms with Crippen LogP contribution < -0.4 is 4.72 Å². The van der Waals surface area contributed by atoms with Gasteiger partial charge < -0.3 is 0 Å². The number of nitrogens with zero attached hydrogens (tertiary/aromatic N) is 3. The highest BCUT2D eigenvalue weighted by Gasteiger charge is 2.16. The summed E-state index contributed by atoms with van der Waals surface area (Å²) in [5.41, 5.74) is 1.44. The van der Waals surface area contributed by atoms with Crippen LogP contribution in [0.15, 0.2) is 53.9 Å². The van der Waals surface area contributed by atoms with E-state index in [1.54, 1.807) is 28.8 Å². The van der Waals surface area contributed by atoms with Gasteiger partial charge in [-0.05, 0) is 29.8 Å². The minimum Gasteiger partial charge on any atom is -0.215 e. The minimum atomic E-state index is -3.61. The number of nitrogens with one attached hydrogen (secondary N) is 1. The van der Waals surface area contributed by atoms with Crippen molar-refractivity contribution in [3.8, 4) is 11.4 Å². The Bertz CT molecular complexity index is 1270. The minimum absolute atomic E-state index is 0.151. The largest absolute Gasteiger partial charge is 0.215 e. The van der Waals surface area contributed by atoms with Crippen LogP contribution in [0.3, 0.4) is 0 Å². The topological polar surface area (TPSA) is 76.4 Å². The van der Waals surface area contributed by atoms with Crippen molar-refractivity contribution in [2.24, 2.45) is 0 Å². The molecule has 0 atom stereocenters. The summed E-state index contributed by atoms with van der Waals surface area (Å²) in [6.45, 7) is 0.151. The first-order valence-corrected chi connectivity index (χ1v) is 11.2. The first-order valence-electron chi connectivity index (χ1n) is 8.71. The van der Waals surface area contributed by atoms with Gasteiger partial charge in [0.15, 0.2) is 5.82 Å². The zero-order valence-corrected chi connectivity index (χ0v) is 16.7. The summed E-state index contributed by atoms with van der Waals surface area (Å²) < 4.78 is 55.7. The average Bonchev–Trinajstić information content (AvgIpc) is 3.23. The lowest BCUT2D eigenvalue weighted by atomic mass is 10.2. The van der Waals surface area contributed by atoms with Crippen LogP contribution in [0.5, 0.6) is 0 Å². The Kier molecular flexibility index (Phi) is 5.39. The fourth-order valence-electron chi connectivity index (χ4n) is 2.89. The Morgan fingerprint density at radius 1 is 1.10 bits per heavy atom. The maximum Gasteiger partial charge on any atom is 0.215 e. The fourth-order valence-corrected chi connectivity index (χ4v) is 4.87. The Balaban J connectivity index is 1.44. The molecule has 1 N–H and O–H groups in total. The van der Waals surface area contributed by atoms with E-state index >= 15 is 0 Å². The number of hydrogen-bond donors (Lipinski definition) is 1. The molecule has 0 bridgehead atoms. The number of thiazole rings is 1. The third-order valence-corrected chi connectivity index (χ3v) is 6.44. The van der Waals surface area contributed by atoms with E-state index in [9.17, 15) is 17.2 Å². The lowest BCUT2D eigenvalue weighted by Gasteiger charge is -2.06. The molecule has 0 aliphatic carbocycles. The van der Waals surface area contributed by atoms with Crippen molar-refractivity contribution in [2.45, 2.75) is 12.2 Å². The molecule has 0 unspecified atom stereocenters. The highest BCUT2D eigenvalue weighted by molar-refractivity contribution is 7.88. The van der Waals surface area contributed by atoms with E-state index in [2.05, 4.69) is 14.8 Å². The molecular formula is C19H16F2N4O2S2. The van der Waals surface area contributed by atoms with Gasteiger partial charge in [-0.3, -0.25) is 0 Å². The quantitative estimate of drug-likeness (QED) is 0.484. The summed E-state index contributed by atoms with van der Waals surface area (Å²) in [5, 5.41) is 6.19. The van der Waals surface area contributed by atoms with Crippen LogP contribution in [0.4, 0.5) is 8.78 Å². The van der Waals surface area contributed by atoms with Gasteiger partial charge in [0.1, 0.15) is 11.6 Å². The van der Waals surface area contributed by atoms with Gasteiger partial charge in [-0.1, -0.05) is 24.3 Å². The highest BCUT2D eigenvalue weighted by Crippen LogP contribution is 2.23. The van der Waals surface area contributed by atoms with Crippen molar-refractivity contribution >= 4 is 26.3 Å². The van der Waals surface area contributed by atoms with Gasteiger partial charge in [-0.15, -0.1) is 16.4 Å². The molecule has 0 aliphatic heterocycles. The van der Waals surface area contributed by atoms with Crippen LogP contribution in [-0.2, 0) is 22.2 Å². The second kappa shape index (κ2) is 7.97. The molecule has 0 amide bonds. The Hall–Kier alpha value is -2.69. The predicted octanol–water partition coefficient (Wildman–Crippen LogP) is 3.40. The zero-order chi connectivity index (χ0) is 20.4. The van der Waals surface area contributed by atoms with Crippen LogP contribution in [0, 0.1) is 11.6 Å². The number of sulfonamides is 1. The lowest BCUT2D eigenvalue weighted by molar-refractivity contribution is 0.579. The van der Waals surface area contributed by atoms with Crippen LogP contribution >= 0.6 is 11.3 Å². The number of aromatic nitrogens is 3. The number of rotatable bonds is 7. The SMILES string of the molecule is O=S(=O)(Cc1cccc(F)c1)NCCc1csc2nc(-c3ccccc3F)nn12. The molecule has 150 valence electrons. The molecule has 4 rings (SSSR count). The molecule has 0 saturated heterocycles. The van der Waals surface area contributed by atoms with Crippen molar-refractivity contribution in [1.82, 2.24) is 19.3 Å². The second-order valence-corrected chi connectivity index (χ2v) is 9.01. The van der Waals surface area contributed by atoms with Gasteiger partial charge in [-0.2, -0.15) is 4.98 Å². The fraction of sp³-hybridized carbons (Fsp3) is 0.158. The summed E-state index contributed by atoms with van der Waals surface area (Å²) in [7, 11) is -3.61. The summed E-state index contributed by atoms with van der Waals surface area (Å²) >= 11 is 1.35. The molecule has 0 fully saturated rings. The summed E-state index contributed by atoms with van der Waals surface area (Å²) in [4.78, 5) is 4.94. The highest BCUT2D eigenvalue weighted by atomic mass is 32.2. The molecular weight excluding hydrogens is 418 g/mol. The first-order chi connectivity index (χ1) is 13.9. The van der Waals surface area contributed by atoms with Crippen molar-refractivity contribution in [3.05, 3.63) is 76.8 Å². The molecule has 2 aromatic carbocycles. The van der Waals surface area contributed by atoms with Crippen LogP contribution in [0.1, 0.15) is 11.3 Å². The second-order valence-electron chi connectivity index (χ2n) is 6.37. The van der Waals surface area contributed by atoms with Crippen molar-refractivity contribution in [2.75, 3.05) is 6.54 Å². The van der Waals surface area contributed by atoms with Crippen molar-refractivity contribution in [1.29, 1.82) is 0 Å². The van der Waals surface area contributed by atoms with E-state index in [4.69, 9.17) is 0 Å². The average molecular weight is 434 g/mol. The molecule has 0 aliphatic rings. The maximum absolute atomic E-state index is 14.0. The van der Waals surface area contributed by atoms with Crippen LogP contribution in [0.25, 0.3) is 16.3 Å². The van der Waals surface area contributed by atoms with Gasteiger partial charge in [-0.25, -0.2) is 26.4 Å². The molecule has 6 nitrogen and oxygen atoms in total. The number of halogens is 2. The first kappa shape index (κ1) is 19.6. The van der Waals surface area contributed by atoms with Gasteiger partial charge in [0.05, 0.1) is 17.0 Å². The smallest absolute Gasteiger partial charge is 0.215 e. The summed E-state index contributed by atoms with van der Waals surface area (Å²) in [5.74, 6) is -0.902. The van der Waals surface area contributed by atoms with E-state index in [1.807, 2.05) is 5.38 Å². The molecule has 0 saturated carbocycles. The number of benzene rings is 2. The molecule has 29 heavy (non-hydrogen) atoms. The van der Waals surface area contributed by atoms with Gasteiger partial charge >= 0.3 is 0 Å².